The summed E-state index contributed by atoms with van der Waals surface area (Å²) in [6.07, 6.45) is 17.0. The van der Waals surface area contributed by atoms with E-state index in [4.69, 9.17) is 0 Å². The second-order valence-corrected chi connectivity index (χ2v) is 8.52. The van der Waals surface area contributed by atoms with Gasteiger partial charge in [0.15, 0.2) is 0 Å². The van der Waals surface area contributed by atoms with E-state index in [1.54, 1.807) is 0 Å². The lowest BCUT2D eigenvalue weighted by atomic mass is 10.0. The monoisotopic (exact) mass is 410 g/mol. The quantitative estimate of drug-likeness (QED) is 0.576. The maximum atomic E-state index is 4.41. The van der Waals surface area contributed by atoms with Crippen molar-refractivity contribution in [2.45, 2.75) is 4.71 Å². The Morgan fingerprint density at radius 3 is 1.75 bits per heavy atom. The summed E-state index contributed by atoms with van der Waals surface area (Å²) in [6.45, 7) is 4.00. The molecular formula is C22H26N4S2. The first-order valence-electron chi connectivity index (χ1n) is 9.53. The van der Waals surface area contributed by atoms with Crippen LogP contribution in [0.25, 0.3) is 0 Å². The molecule has 0 unspecified atom stereocenters. The highest BCUT2D eigenvalue weighted by Crippen LogP contribution is 2.26. The Labute approximate surface area is 178 Å². The van der Waals surface area contributed by atoms with Gasteiger partial charge in [-0.1, -0.05) is 0 Å². The van der Waals surface area contributed by atoms with Crippen LogP contribution < -0.4 is 9.80 Å². The number of rotatable bonds is 3. The van der Waals surface area contributed by atoms with Crippen LogP contribution >= 0.6 is 25.3 Å². The minimum Gasteiger partial charge on any atom is -0.369 e. The molecule has 3 heterocycles. The van der Waals surface area contributed by atoms with Crippen LogP contribution in [0.5, 0.6) is 0 Å². The highest BCUT2D eigenvalue weighted by atomic mass is 32.2. The fraction of sp³-hybridized carbons (Fsp3) is 0.273. The molecule has 146 valence electrons. The van der Waals surface area contributed by atoms with E-state index in [1.165, 1.54) is 22.5 Å². The predicted molar refractivity (Wildman–Crippen MR) is 126 cm³/mol. The third kappa shape index (κ3) is 4.35. The van der Waals surface area contributed by atoms with E-state index in [9.17, 15) is 0 Å². The summed E-state index contributed by atoms with van der Waals surface area (Å²) in [6, 6.07) is 8.79. The average Bonchev–Trinajstić information content (AvgIpc) is 2.75. The van der Waals surface area contributed by atoms with Gasteiger partial charge >= 0.3 is 0 Å². The van der Waals surface area contributed by atoms with Crippen molar-refractivity contribution in [2.24, 2.45) is 0 Å². The first kappa shape index (κ1) is 19.3. The van der Waals surface area contributed by atoms with Crippen LogP contribution in [0.2, 0.25) is 0 Å². The van der Waals surface area contributed by atoms with Crippen LogP contribution in [0.3, 0.4) is 0 Å². The zero-order valence-electron chi connectivity index (χ0n) is 16.0. The van der Waals surface area contributed by atoms with Crippen molar-refractivity contribution >= 4 is 36.6 Å². The molecule has 1 aromatic rings. The number of benzene rings is 1. The van der Waals surface area contributed by atoms with Gasteiger partial charge in [-0.15, -0.1) is 25.3 Å². The van der Waals surface area contributed by atoms with Crippen LogP contribution in [0, 0.1) is 0 Å². The second kappa shape index (κ2) is 8.55. The van der Waals surface area contributed by atoms with Crippen molar-refractivity contribution < 1.29 is 0 Å². The van der Waals surface area contributed by atoms with Crippen molar-refractivity contribution in [3.8, 4) is 0 Å². The van der Waals surface area contributed by atoms with Crippen LogP contribution in [0.4, 0.5) is 11.4 Å². The molecule has 3 aliphatic heterocycles. The molecule has 0 bridgehead atoms. The predicted octanol–water partition coefficient (Wildman–Crippen LogP) is 4.07. The van der Waals surface area contributed by atoms with Gasteiger partial charge in [0, 0.05) is 69.4 Å². The van der Waals surface area contributed by atoms with Gasteiger partial charge in [0.25, 0.3) is 0 Å². The molecule has 4 nitrogen and oxygen atoms in total. The molecule has 1 aromatic carbocycles. The molecular weight excluding hydrogens is 384 g/mol. The van der Waals surface area contributed by atoms with Crippen molar-refractivity contribution in [1.29, 1.82) is 0 Å². The van der Waals surface area contributed by atoms with Crippen molar-refractivity contribution in [2.75, 3.05) is 43.0 Å². The zero-order valence-corrected chi connectivity index (χ0v) is 17.8. The van der Waals surface area contributed by atoms with Gasteiger partial charge in [-0.3, -0.25) is 4.90 Å². The SMILES string of the molecule is CN1C=CC(=C2C=CN(c3ccc(N4CCN(C(S)S)CC4)cc3)C=C2)C=C1. The van der Waals surface area contributed by atoms with E-state index >= 15 is 0 Å². The van der Waals surface area contributed by atoms with Crippen molar-refractivity contribution in [3.05, 3.63) is 84.5 Å². The van der Waals surface area contributed by atoms with Gasteiger partial charge in [0.05, 0.1) is 4.71 Å². The Kier molecular flexibility index (Phi) is 5.90. The lowest BCUT2D eigenvalue weighted by molar-refractivity contribution is 0.287. The summed E-state index contributed by atoms with van der Waals surface area (Å²) < 4.78 is 0.0301. The van der Waals surface area contributed by atoms with Gasteiger partial charge in [-0.25, -0.2) is 0 Å². The molecule has 0 N–H and O–H groups in total. The second-order valence-electron chi connectivity index (χ2n) is 7.13. The summed E-state index contributed by atoms with van der Waals surface area (Å²) >= 11 is 8.83. The fourth-order valence-corrected chi connectivity index (χ4v) is 3.99. The van der Waals surface area contributed by atoms with Crippen LogP contribution in [0.15, 0.2) is 84.5 Å². The lowest BCUT2D eigenvalue weighted by Gasteiger charge is -2.37. The molecule has 0 atom stereocenters. The van der Waals surface area contributed by atoms with Crippen LogP contribution in [0.1, 0.15) is 0 Å². The smallest absolute Gasteiger partial charge is 0.0970 e. The number of piperazine rings is 1. The normalized spacial score (nSPS) is 20.1. The van der Waals surface area contributed by atoms with E-state index in [-0.39, 0.29) is 4.71 Å². The first-order chi connectivity index (χ1) is 13.6. The van der Waals surface area contributed by atoms with E-state index in [2.05, 4.69) is 113 Å². The van der Waals surface area contributed by atoms with Gasteiger partial charge in [0.1, 0.15) is 0 Å². The number of hydrogen-bond donors (Lipinski definition) is 2. The zero-order chi connectivity index (χ0) is 19.5. The molecule has 0 amide bonds. The molecule has 1 saturated heterocycles. The molecule has 1 fully saturated rings. The maximum Gasteiger partial charge on any atom is 0.0970 e. The summed E-state index contributed by atoms with van der Waals surface area (Å²) in [5.41, 5.74) is 4.88. The number of hydrogen-bond acceptors (Lipinski definition) is 6. The molecule has 0 aromatic heterocycles. The number of anilines is 2. The van der Waals surface area contributed by atoms with Crippen LogP contribution in [-0.2, 0) is 0 Å². The van der Waals surface area contributed by atoms with E-state index in [0.717, 1.165) is 26.2 Å². The fourth-order valence-electron chi connectivity index (χ4n) is 3.53. The van der Waals surface area contributed by atoms with Gasteiger partial charge < -0.3 is 14.7 Å². The number of nitrogens with zero attached hydrogens (tertiary/aromatic N) is 4. The van der Waals surface area contributed by atoms with E-state index < -0.39 is 0 Å². The van der Waals surface area contributed by atoms with Gasteiger partial charge in [0.2, 0.25) is 0 Å². The molecule has 0 spiro atoms. The number of thiol groups is 2. The van der Waals surface area contributed by atoms with Crippen molar-refractivity contribution in [1.82, 2.24) is 9.80 Å². The Hall–Kier alpha value is -2.02. The Bertz CT molecular complexity index is 812. The largest absolute Gasteiger partial charge is 0.369 e. The summed E-state index contributed by atoms with van der Waals surface area (Å²) in [7, 11) is 2.03. The molecule has 0 saturated carbocycles. The van der Waals surface area contributed by atoms with Gasteiger partial charge in [-0.05, 0) is 59.7 Å². The molecule has 6 heteroatoms. The highest BCUT2D eigenvalue weighted by Gasteiger charge is 2.19. The molecule has 4 rings (SSSR count). The minimum absolute atomic E-state index is 0.0301. The Morgan fingerprint density at radius 2 is 1.21 bits per heavy atom. The molecule has 0 radical (unpaired) electrons. The number of allylic oxidation sites excluding steroid dienone is 6. The average molecular weight is 411 g/mol. The minimum atomic E-state index is 0.0301. The molecule has 3 aliphatic rings. The van der Waals surface area contributed by atoms with Crippen molar-refractivity contribution in [3.63, 3.8) is 0 Å². The van der Waals surface area contributed by atoms with E-state index in [0.29, 0.717) is 0 Å². The summed E-state index contributed by atoms with van der Waals surface area (Å²) in [4.78, 5) is 8.90. The third-order valence-corrected chi connectivity index (χ3v) is 5.95. The molecule has 0 aliphatic carbocycles. The maximum absolute atomic E-state index is 4.41. The summed E-state index contributed by atoms with van der Waals surface area (Å²) in [5.74, 6) is 0. The Balaban J connectivity index is 1.40. The molecule has 28 heavy (non-hydrogen) atoms. The lowest BCUT2D eigenvalue weighted by Crippen LogP contribution is -2.47. The van der Waals surface area contributed by atoms with Gasteiger partial charge in [-0.2, -0.15) is 0 Å². The Morgan fingerprint density at radius 1 is 0.714 bits per heavy atom. The third-order valence-electron chi connectivity index (χ3n) is 5.30. The van der Waals surface area contributed by atoms with Crippen LogP contribution in [-0.4, -0.2) is 47.7 Å². The van der Waals surface area contributed by atoms with E-state index in [1.807, 2.05) is 11.9 Å². The topological polar surface area (TPSA) is 13.0 Å². The highest BCUT2D eigenvalue weighted by molar-refractivity contribution is 7.99. The standard InChI is InChI=1S/C22H26N4S2/c1-23-10-6-18(7-11-23)19-8-12-24(13-9-19)20-2-4-21(5-3-20)25-14-16-26(17-15-25)22(27)28/h2-13,22,27-28H,14-17H2,1H3. The first-order valence-corrected chi connectivity index (χ1v) is 10.6. The summed E-state index contributed by atoms with van der Waals surface area (Å²) in [5, 5.41) is 0.